The number of methoxy groups -OCH3 is 1. The Kier molecular flexibility index (Phi) is 6.65. The average Bonchev–Trinajstić information content (AvgIpc) is 2.99. The maximum Gasteiger partial charge on any atom is 0.315 e. The molecule has 2 aromatic carbocycles. The molecule has 1 aliphatic heterocycles. The molecule has 0 unspecified atom stereocenters. The van der Waals surface area contributed by atoms with Gasteiger partial charge in [0.1, 0.15) is 12.4 Å². The number of nitrogens with zero attached hydrogens (tertiary/aromatic N) is 2. The van der Waals surface area contributed by atoms with Crippen molar-refractivity contribution in [1.82, 2.24) is 4.90 Å². The number of imide groups is 1. The van der Waals surface area contributed by atoms with Gasteiger partial charge in [-0.2, -0.15) is 0 Å². The second-order valence-corrected chi connectivity index (χ2v) is 7.69. The van der Waals surface area contributed by atoms with Crippen molar-refractivity contribution in [3.05, 3.63) is 61.8 Å². The second kappa shape index (κ2) is 9.24. The Morgan fingerprint density at radius 1 is 1.38 bits per heavy atom. The number of nitro benzene ring substituents is 1. The van der Waals surface area contributed by atoms with Crippen LogP contribution >= 0.6 is 23.4 Å². The van der Waals surface area contributed by atoms with Crippen molar-refractivity contribution >= 4 is 57.9 Å². The molecule has 0 atom stereocenters. The minimum atomic E-state index is -0.826. The van der Waals surface area contributed by atoms with Gasteiger partial charge < -0.3 is 15.2 Å². The van der Waals surface area contributed by atoms with Gasteiger partial charge in [0.2, 0.25) is 11.7 Å². The van der Waals surface area contributed by atoms with Gasteiger partial charge in [-0.3, -0.25) is 29.4 Å². The summed E-state index contributed by atoms with van der Waals surface area (Å²) in [5.41, 5.74) is -0.346. The number of amides is 3. The van der Waals surface area contributed by atoms with Crippen LogP contribution in [0.4, 0.5) is 20.6 Å². The lowest BCUT2D eigenvalue weighted by molar-refractivity contribution is -0.386. The molecule has 166 valence electrons. The highest BCUT2D eigenvalue weighted by Crippen LogP contribution is 2.39. The molecular formula is C19H13ClFN3O7S. The Morgan fingerprint density at radius 2 is 2.09 bits per heavy atom. The summed E-state index contributed by atoms with van der Waals surface area (Å²) in [6.45, 7) is -0.615. The van der Waals surface area contributed by atoms with E-state index in [0.29, 0.717) is 16.7 Å². The summed E-state index contributed by atoms with van der Waals surface area (Å²) in [5.74, 6) is -3.06. The van der Waals surface area contributed by atoms with E-state index in [0.717, 1.165) is 12.1 Å². The van der Waals surface area contributed by atoms with E-state index < -0.39 is 45.8 Å². The Labute approximate surface area is 188 Å². The van der Waals surface area contributed by atoms with Gasteiger partial charge in [0, 0.05) is 11.8 Å². The van der Waals surface area contributed by atoms with Gasteiger partial charge in [-0.05, 0) is 47.7 Å². The van der Waals surface area contributed by atoms with E-state index in [1.807, 2.05) is 0 Å². The number of carbonyl (C=O) groups is 3. The molecule has 2 aromatic rings. The smallest absolute Gasteiger partial charge is 0.315 e. The molecular weight excluding hydrogens is 469 g/mol. The molecule has 0 saturated carbocycles. The van der Waals surface area contributed by atoms with E-state index in [2.05, 4.69) is 5.32 Å². The van der Waals surface area contributed by atoms with Crippen molar-refractivity contribution in [1.29, 1.82) is 0 Å². The molecule has 3 amide bonds. The van der Waals surface area contributed by atoms with E-state index in [1.54, 1.807) is 0 Å². The molecule has 1 fully saturated rings. The van der Waals surface area contributed by atoms with Gasteiger partial charge >= 0.3 is 5.69 Å². The molecule has 3 rings (SSSR count). The number of anilines is 1. The Hall–Kier alpha value is -3.64. The van der Waals surface area contributed by atoms with Crippen LogP contribution in [0.1, 0.15) is 5.56 Å². The first-order valence-electron chi connectivity index (χ1n) is 8.66. The van der Waals surface area contributed by atoms with Crippen molar-refractivity contribution in [2.45, 2.75) is 0 Å². The Morgan fingerprint density at radius 3 is 2.72 bits per heavy atom. The number of carbonyl (C=O) groups excluding carboxylic acids is 3. The quantitative estimate of drug-likeness (QED) is 0.361. The summed E-state index contributed by atoms with van der Waals surface area (Å²) >= 11 is 6.19. The molecule has 13 heteroatoms. The molecule has 2 N–H and O–H groups in total. The minimum Gasteiger partial charge on any atom is -0.500 e. The summed E-state index contributed by atoms with van der Waals surface area (Å²) in [6, 6.07) is 5.75. The second-order valence-electron chi connectivity index (χ2n) is 6.29. The molecule has 0 radical (unpaired) electrons. The van der Waals surface area contributed by atoms with E-state index >= 15 is 0 Å². The van der Waals surface area contributed by atoms with Crippen molar-refractivity contribution in [2.75, 3.05) is 19.0 Å². The number of benzene rings is 2. The van der Waals surface area contributed by atoms with Crippen LogP contribution < -0.4 is 10.1 Å². The highest BCUT2D eigenvalue weighted by Gasteiger charge is 2.36. The van der Waals surface area contributed by atoms with Crippen molar-refractivity contribution < 1.29 is 33.5 Å². The summed E-state index contributed by atoms with van der Waals surface area (Å²) in [6.07, 6.45) is 1.21. The molecule has 0 spiro atoms. The van der Waals surface area contributed by atoms with Crippen LogP contribution in [0.15, 0.2) is 35.2 Å². The lowest BCUT2D eigenvalue weighted by atomic mass is 10.1. The molecule has 1 saturated heterocycles. The van der Waals surface area contributed by atoms with Crippen LogP contribution in [0.25, 0.3) is 6.08 Å². The van der Waals surface area contributed by atoms with Crippen LogP contribution in [0.3, 0.4) is 0 Å². The Bertz CT molecular complexity index is 1190. The normalized spacial score (nSPS) is 14.7. The number of nitrogens with one attached hydrogen (secondary N) is 1. The fourth-order valence-corrected chi connectivity index (χ4v) is 3.72. The summed E-state index contributed by atoms with van der Waals surface area (Å²) in [7, 11) is 1.20. The number of thioether (sulfide) groups is 1. The predicted molar refractivity (Wildman–Crippen MR) is 114 cm³/mol. The monoisotopic (exact) mass is 481 g/mol. The third kappa shape index (κ3) is 4.81. The molecule has 32 heavy (non-hydrogen) atoms. The third-order valence-corrected chi connectivity index (χ3v) is 5.37. The summed E-state index contributed by atoms with van der Waals surface area (Å²) in [4.78, 5) is 47.9. The number of halogens is 2. The van der Waals surface area contributed by atoms with Crippen LogP contribution in [-0.2, 0) is 9.59 Å². The zero-order chi connectivity index (χ0) is 23.6. The number of phenolic OH excluding ortho intramolecular Hbond substituents is 1. The van der Waals surface area contributed by atoms with Crippen molar-refractivity contribution in [3.63, 3.8) is 0 Å². The zero-order valence-electron chi connectivity index (χ0n) is 16.1. The summed E-state index contributed by atoms with van der Waals surface area (Å²) < 4.78 is 18.1. The number of nitro groups is 1. The van der Waals surface area contributed by atoms with E-state index in [1.165, 1.54) is 31.4 Å². The Balaban J connectivity index is 1.79. The van der Waals surface area contributed by atoms with Gasteiger partial charge in [-0.25, -0.2) is 4.39 Å². The van der Waals surface area contributed by atoms with Crippen LogP contribution in [-0.4, -0.2) is 45.6 Å². The molecule has 0 aromatic heterocycles. The standard InChI is InChI=1S/C19H13ClFN3O7S/c1-31-14-5-9(4-13(17(14)26)24(29)30)6-15-18(27)23(19(28)32-15)8-16(25)22-10-2-3-12(21)11(20)7-10/h2-7,26H,8H2,1H3,(H,22,25)/b15-6+. The average molecular weight is 482 g/mol. The van der Waals surface area contributed by atoms with Gasteiger partial charge in [0.15, 0.2) is 5.75 Å². The first-order chi connectivity index (χ1) is 15.1. The van der Waals surface area contributed by atoms with Crippen LogP contribution in [0, 0.1) is 15.9 Å². The van der Waals surface area contributed by atoms with Crippen molar-refractivity contribution in [3.8, 4) is 11.5 Å². The number of hydrogen-bond acceptors (Lipinski definition) is 8. The molecule has 0 aliphatic carbocycles. The first kappa shape index (κ1) is 23.0. The number of aromatic hydroxyl groups is 1. The third-order valence-electron chi connectivity index (χ3n) is 4.17. The van der Waals surface area contributed by atoms with Gasteiger partial charge in [0.05, 0.1) is 22.0 Å². The van der Waals surface area contributed by atoms with E-state index in [9.17, 15) is 34.0 Å². The summed E-state index contributed by atoms with van der Waals surface area (Å²) in [5, 5.41) is 22.4. The van der Waals surface area contributed by atoms with E-state index in [4.69, 9.17) is 16.3 Å². The fraction of sp³-hybridized carbons (Fsp3) is 0.105. The minimum absolute atomic E-state index is 0.0883. The largest absolute Gasteiger partial charge is 0.500 e. The molecule has 10 nitrogen and oxygen atoms in total. The number of rotatable bonds is 6. The number of hydrogen-bond donors (Lipinski definition) is 2. The molecule has 0 bridgehead atoms. The fourth-order valence-electron chi connectivity index (χ4n) is 2.70. The first-order valence-corrected chi connectivity index (χ1v) is 9.85. The maximum absolute atomic E-state index is 13.2. The van der Waals surface area contributed by atoms with Crippen LogP contribution in [0.5, 0.6) is 11.5 Å². The SMILES string of the molecule is COc1cc(/C=C2/SC(=O)N(CC(=O)Nc3ccc(F)c(Cl)c3)C2=O)cc([N+](=O)[O-])c1O. The number of ether oxygens (including phenoxy) is 1. The van der Waals surface area contributed by atoms with Gasteiger partial charge in [-0.1, -0.05) is 11.6 Å². The van der Waals surface area contributed by atoms with Crippen LogP contribution in [0.2, 0.25) is 5.02 Å². The lowest BCUT2D eigenvalue weighted by Crippen LogP contribution is -2.36. The van der Waals surface area contributed by atoms with E-state index in [-0.39, 0.29) is 26.9 Å². The zero-order valence-corrected chi connectivity index (χ0v) is 17.7. The van der Waals surface area contributed by atoms with Crippen molar-refractivity contribution in [2.24, 2.45) is 0 Å². The van der Waals surface area contributed by atoms with Gasteiger partial charge in [-0.15, -0.1) is 0 Å². The highest BCUT2D eigenvalue weighted by atomic mass is 35.5. The number of phenols is 1. The van der Waals surface area contributed by atoms with Gasteiger partial charge in [0.25, 0.3) is 11.1 Å². The lowest BCUT2D eigenvalue weighted by Gasteiger charge is -2.12. The predicted octanol–water partition coefficient (Wildman–Crippen LogP) is 3.78. The molecule has 1 aliphatic rings. The molecule has 1 heterocycles. The highest BCUT2D eigenvalue weighted by molar-refractivity contribution is 8.18. The topological polar surface area (TPSA) is 139 Å². The maximum atomic E-state index is 13.2.